The summed E-state index contributed by atoms with van der Waals surface area (Å²) >= 11 is 0. The zero-order chi connectivity index (χ0) is 14.7. The Hall–Kier alpha value is -2.25. The number of carbonyl (C=O) groups is 1. The van der Waals surface area contributed by atoms with Gasteiger partial charge in [0, 0.05) is 25.2 Å². The van der Waals surface area contributed by atoms with Crippen LogP contribution in [0.4, 0.5) is 0 Å². The maximum absolute atomic E-state index is 11.5. The Morgan fingerprint density at radius 1 is 1.43 bits per heavy atom. The topological polar surface area (TPSA) is 97.3 Å². The highest BCUT2D eigenvalue weighted by atomic mass is 16.5. The molecule has 1 atom stereocenters. The number of nitrogens with two attached hydrogens (primary N) is 1. The van der Waals surface area contributed by atoms with Crippen molar-refractivity contribution in [1.29, 1.82) is 0 Å². The van der Waals surface area contributed by atoms with Crippen molar-refractivity contribution in [2.45, 2.75) is 12.6 Å². The van der Waals surface area contributed by atoms with Crippen molar-refractivity contribution in [3.05, 3.63) is 36.2 Å². The van der Waals surface area contributed by atoms with Gasteiger partial charge in [-0.25, -0.2) is 0 Å². The molecule has 1 aliphatic heterocycles. The minimum Gasteiger partial charge on any atom is -0.368 e. The average molecular weight is 287 g/mol. The van der Waals surface area contributed by atoms with Crippen LogP contribution in [-0.4, -0.2) is 46.6 Å². The molecule has 1 aromatic heterocycles. The molecule has 1 saturated heterocycles. The first-order valence-electron chi connectivity index (χ1n) is 6.86. The first-order chi connectivity index (χ1) is 10.2. The summed E-state index contributed by atoms with van der Waals surface area (Å²) in [7, 11) is 0. The van der Waals surface area contributed by atoms with Crippen molar-refractivity contribution >= 4 is 5.91 Å². The van der Waals surface area contributed by atoms with E-state index in [0.29, 0.717) is 24.8 Å². The number of nitrogens with one attached hydrogen (secondary N) is 1. The van der Waals surface area contributed by atoms with Crippen LogP contribution in [0.1, 0.15) is 5.82 Å². The van der Waals surface area contributed by atoms with Crippen LogP contribution < -0.4 is 11.1 Å². The molecule has 0 radical (unpaired) electrons. The van der Waals surface area contributed by atoms with Gasteiger partial charge < -0.3 is 15.6 Å². The number of amides is 1. The Morgan fingerprint density at radius 2 is 2.24 bits per heavy atom. The molecule has 0 bridgehead atoms. The number of benzene rings is 1. The van der Waals surface area contributed by atoms with Crippen molar-refractivity contribution in [3.8, 4) is 11.5 Å². The molecule has 0 spiro atoms. The van der Waals surface area contributed by atoms with Crippen LogP contribution in [0.3, 0.4) is 0 Å². The zero-order valence-electron chi connectivity index (χ0n) is 11.5. The summed E-state index contributed by atoms with van der Waals surface area (Å²) in [6.07, 6.45) is 0. The van der Waals surface area contributed by atoms with Gasteiger partial charge in [0.05, 0.1) is 6.54 Å². The molecule has 7 nitrogen and oxygen atoms in total. The molecule has 1 aliphatic rings. The van der Waals surface area contributed by atoms with Gasteiger partial charge in [-0.3, -0.25) is 9.69 Å². The average Bonchev–Trinajstić information content (AvgIpc) is 2.97. The van der Waals surface area contributed by atoms with Crippen LogP contribution in [0.15, 0.2) is 34.9 Å². The molecule has 0 saturated carbocycles. The second-order valence-electron chi connectivity index (χ2n) is 4.97. The number of hydrogen-bond acceptors (Lipinski definition) is 6. The fraction of sp³-hybridized carbons (Fsp3) is 0.357. The molecule has 1 unspecified atom stereocenters. The first-order valence-corrected chi connectivity index (χ1v) is 6.86. The number of piperazine rings is 1. The Morgan fingerprint density at radius 3 is 3.00 bits per heavy atom. The normalized spacial score (nSPS) is 19.5. The Bertz CT molecular complexity index is 613. The van der Waals surface area contributed by atoms with Crippen molar-refractivity contribution in [1.82, 2.24) is 20.4 Å². The third kappa shape index (κ3) is 3.09. The summed E-state index contributed by atoms with van der Waals surface area (Å²) in [4.78, 5) is 17.8. The van der Waals surface area contributed by atoms with Crippen molar-refractivity contribution < 1.29 is 9.32 Å². The highest BCUT2D eigenvalue weighted by Gasteiger charge is 2.27. The van der Waals surface area contributed by atoms with E-state index in [-0.39, 0.29) is 11.9 Å². The van der Waals surface area contributed by atoms with Crippen molar-refractivity contribution in [3.63, 3.8) is 0 Å². The van der Waals surface area contributed by atoms with Gasteiger partial charge in [0.1, 0.15) is 6.04 Å². The third-order valence-electron chi connectivity index (χ3n) is 3.52. The zero-order valence-corrected chi connectivity index (χ0v) is 11.5. The van der Waals surface area contributed by atoms with Crippen LogP contribution in [0.5, 0.6) is 0 Å². The van der Waals surface area contributed by atoms with E-state index < -0.39 is 0 Å². The molecule has 7 heteroatoms. The summed E-state index contributed by atoms with van der Waals surface area (Å²) in [5.41, 5.74) is 6.30. The van der Waals surface area contributed by atoms with E-state index in [1.807, 2.05) is 35.2 Å². The molecule has 110 valence electrons. The van der Waals surface area contributed by atoms with E-state index in [4.69, 9.17) is 10.3 Å². The lowest BCUT2D eigenvalue weighted by atomic mass is 10.2. The smallest absolute Gasteiger partial charge is 0.257 e. The summed E-state index contributed by atoms with van der Waals surface area (Å²) in [5.74, 6) is 0.701. The molecule has 1 fully saturated rings. The number of hydrogen-bond donors (Lipinski definition) is 2. The molecule has 0 aliphatic carbocycles. The number of rotatable bonds is 4. The quantitative estimate of drug-likeness (QED) is 0.821. The van der Waals surface area contributed by atoms with Gasteiger partial charge in [-0.2, -0.15) is 4.98 Å². The molecule has 3 rings (SSSR count). The number of carbonyl (C=O) groups excluding carboxylic acids is 1. The van der Waals surface area contributed by atoms with E-state index in [0.717, 1.165) is 18.7 Å². The fourth-order valence-electron chi connectivity index (χ4n) is 2.41. The minimum atomic E-state index is -0.339. The van der Waals surface area contributed by atoms with Gasteiger partial charge in [-0.1, -0.05) is 23.4 Å². The second-order valence-corrected chi connectivity index (χ2v) is 4.97. The maximum atomic E-state index is 11.5. The minimum absolute atomic E-state index is 0.336. The summed E-state index contributed by atoms with van der Waals surface area (Å²) in [6.45, 7) is 2.54. The van der Waals surface area contributed by atoms with Crippen LogP contribution in [0.25, 0.3) is 11.5 Å². The van der Waals surface area contributed by atoms with Crippen molar-refractivity contribution in [2.75, 3.05) is 19.6 Å². The second kappa shape index (κ2) is 6.02. The van der Waals surface area contributed by atoms with Crippen LogP contribution >= 0.6 is 0 Å². The first kappa shape index (κ1) is 13.7. The van der Waals surface area contributed by atoms with Gasteiger partial charge in [0.2, 0.25) is 5.91 Å². The van der Waals surface area contributed by atoms with Crippen molar-refractivity contribution in [2.24, 2.45) is 5.73 Å². The lowest BCUT2D eigenvalue weighted by Crippen LogP contribution is -2.56. The van der Waals surface area contributed by atoms with Gasteiger partial charge >= 0.3 is 0 Å². The molecule has 2 aromatic rings. The largest absolute Gasteiger partial charge is 0.368 e. The summed E-state index contributed by atoms with van der Waals surface area (Å²) in [5, 5.41) is 7.14. The molecular weight excluding hydrogens is 270 g/mol. The Labute approximate surface area is 122 Å². The lowest BCUT2D eigenvalue weighted by molar-refractivity contribution is -0.124. The predicted molar refractivity (Wildman–Crippen MR) is 76.0 cm³/mol. The molecule has 2 heterocycles. The Balaban J connectivity index is 1.73. The number of aromatic nitrogens is 2. The van der Waals surface area contributed by atoms with Gasteiger partial charge in [-0.15, -0.1) is 0 Å². The highest BCUT2D eigenvalue weighted by molar-refractivity contribution is 5.80. The van der Waals surface area contributed by atoms with Gasteiger partial charge in [-0.05, 0) is 12.1 Å². The standard InChI is InChI=1S/C14H17N5O2/c15-13(20)11-8-16-6-7-19(11)9-12-17-14(21-18-12)10-4-2-1-3-5-10/h1-5,11,16H,6-9H2,(H2,15,20). The molecular formula is C14H17N5O2. The SMILES string of the molecule is NC(=O)C1CNCCN1Cc1noc(-c2ccccc2)n1. The van der Waals surface area contributed by atoms with Crippen LogP contribution in [0.2, 0.25) is 0 Å². The predicted octanol–water partition coefficient (Wildman–Crippen LogP) is -0.00430. The summed E-state index contributed by atoms with van der Waals surface area (Å²) in [6, 6.07) is 9.25. The highest BCUT2D eigenvalue weighted by Crippen LogP contribution is 2.17. The number of primary amides is 1. The van der Waals surface area contributed by atoms with Crippen LogP contribution in [-0.2, 0) is 11.3 Å². The molecule has 1 aromatic carbocycles. The number of nitrogens with zero attached hydrogens (tertiary/aromatic N) is 3. The fourth-order valence-corrected chi connectivity index (χ4v) is 2.41. The third-order valence-corrected chi connectivity index (χ3v) is 3.52. The van der Waals surface area contributed by atoms with Gasteiger partial charge in [0.15, 0.2) is 5.82 Å². The molecule has 3 N–H and O–H groups in total. The van der Waals surface area contributed by atoms with E-state index in [2.05, 4.69) is 15.5 Å². The van der Waals surface area contributed by atoms with E-state index in [1.54, 1.807) is 0 Å². The van der Waals surface area contributed by atoms with E-state index in [1.165, 1.54) is 0 Å². The summed E-state index contributed by atoms with van der Waals surface area (Å²) < 4.78 is 5.27. The van der Waals surface area contributed by atoms with Gasteiger partial charge in [0.25, 0.3) is 5.89 Å². The van der Waals surface area contributed by atoms with E-state index >= 15 is 0 Å². The maximum Gasteiger partial charge on any atom is 0.257 e. The molecule has 21 heavy (non-hydrogen) atoms. The molecule has 1 amide bonds. The Kier molecular flexibility index (Phi) is 3.94. The monoisotopic (exact) mass is 287 g/mol. The van der Waals surface area contributed by atoms with Crippen LogP contribution in [0, 0.1) is 0 Å². The van der Waals surface area contributed by atoms with E-state index in [9.17, 15) is 4.79 Å². The lowest BCUT2D eigenvalue weighted by Gasteiger charge is -2.32.